The fourth-order valence-electron chi connectivity index (χ4n) is 3.43. The zero-order valence-corrected chi connectivity index (χ0v) is 16.3. The predicted octanol–water partition coefficient (Wildman–Crippen LogP) is 2.80. The summed E-state index contributed by atoms with van der Waals surface area (Å²) in [4.78, 5) is 24.8. The van der Waals surface area contributed by atoms with E-state index < -0.39 is 12.1 Å². The van der Waals surface area contributed by atoms with Gasteiger partial charge < -0.3 is 19.8 Å². The Kier molecular flexibility index (Phi) is 9.72. The first-order valence-corrected chi connectivity index (χ1v) is 10.1. The Morgan fingerprint density at radius 1 is 1.25 bits per heavy atom. The number of rotatable bonds is 11. The fourth-order valence-corrected chi connectivity index (χ4v) is 3.43. The molecule has 154 valence electrons. The normalized spacial score (nSPS) is 19.0. The summed E-state index contributed by atoms with van der Waals surface area (Å²) >= 11 is 0. The van der Waals surface area contributed by atoms with Crippen molar-refractivity contribution < 1.29 is 24.5 Å². The standard InChI is InChI=1S/C22H31NO5/c24-20(16-18-8-2-1-3-9-18)13-12-19-10-4-5-11-21(25)23(19)14-6-7-15-28-17-22(26)27/h1-3,8-9,12-13,19-20,24H,4-7,10-11,14-17H2,(H,26,27)/b13-12+/t19-,20?/m1/s1. The molecule has 0 saturated carbocycles. The first-order valence-electron chi connectivity index (χ1n) is 10.1. The summed E-state index contributed by atoms with van der Waals surface area (Å²) in [5.74, 6) is -0.821. The molecule has 2 atom stereocenters. The molecule has 0 aromatic heterocycles. The number of carboxylic acid groups (broad SMARTS) is 1. The van der Waals surface area contributed by atoms with Crippen LogP contribution in [0.4, 0.5) is 0 Å². The van der Waals surface area contributed by atoms with E-state index in [2.05, 4.69) is 0 Å². The number of carboxylic acids is 1. The second kappa shape index (κ2) is 12.3. The quantitative estimate of drug-likeness (QED) is 0.449. The molecule has 2 rings (SSSR count). The van der Waals surface area contributed by atoms with Gasteiger partial charge in [0.1, 0.15) is 6.61 Å². The fraction of sp³-hybridized carbons (Fsp3) is 0.545. The number of hydrogen-bond acceptors (Lipinski definition) is 4. The van der Waals surface area contributed by atoms with Crippen LogP contribution in [0.15, 0.2) is 42.5 Å². The number of ether oxygens (including phenoxy) is 1. The van der Waals surface area contributed by atoms with Gasteiger partial charge >= 0.3 is 5.97 Å². The Morgan fingerprint density at radius 2 is 2.04 bits per heavy atom. The summed E-state index contributed by atoms with van der Waals surface area (Å²) in [7, 11) is 0. The van der Waals surface area contributed by atoms with Crippen molar-refractivity contribution in [2.75, 3.05) is 19.8 Å². The average molecular weight is 389 g/mol. The molecule has 1 saturated heterocycles. The number of carbonyl (C=O) groups is 2. The van der Waals surface area contributed by atoms with Gasteiger partial charge in [0.05, 0.1) is 12.1 Å². The predicted molar refractivity (Wildman–Crippen MR) is 107 cm³/mol. The molecular formula is C22H31NO5. The van der Waals surface area contributed by atoms with Gasteiger partial charge in [-0.25, -0.2) is 4.79 Å². The van der Waals surface area contributed by atoms with Gasteiger partial charge in [0.2, 0.25) is 5.91 Å². The summed E-state index contributed by atoms with van der Waals surface area (Å²) in [6, 6.07) is 9.85. The Labute approximate surface area is 166 Å². The number of carbonyl (C=O) groups excluding carboxylic acids is 1. The molecule has 6 heteroatoms. The molecule has 1 aromatic carbocycles. The molecule has 2 N–H and O–H groups in total. The first kappa shape index (κ1) is 22.1. The van der Waals surface area contributed by atoms with E-state index in [4.69, 9.17) is 9.84 Å². The number of likely N-dealkylation sites (tertiary alicyclic amines) is 1. The molecule has 1 fully saturated rings. The molecule has 0 bridgehead atoms. The van der Waals surface area contributed by atoms with E-state index in [0.717, 1.165) is 31.2 Å². The van der Waals surface area contributed by atoms with E-state index in [9.17, 15) is 14.7 Å². The highest BCUT2D eigenvalue weighted by molar-refractivity contribution is 5.77. The van der Waals surface area contributed by atoms with Crippen molar-refractivity contribution in [3.8, 4) is 0 Å². The minimum Gasteiger partial charge on any atom is -0.480 e. The summed E-state index contributed by atoms with van der Waals surface area (Å²) in [5, 5.41) is 18.9. The van der Waals surface area contributed by atoms with E-state index >= 15 is 0 Å². The van der Waals surface area contributed by atoms with Gasteiger partial charge in [0.15, 0.2) is 0 Å². The lowest BCUT2D eigenvalue weighted by Gasteiger charge is -2.28. The molecule has 1 heterocycles. The van der Waals surface area contributed by atoms with Crippen LogP contribution in [0.1, 0.15) is 44.1 Å². The molecule has 6 nitrogen and oxygen atoms in total. The van der Waals surface area contributed by atoms with E-state index in [-0.39, 0.29) is 18.6 Å². The molecule has 0 radical (unpaired) electrons. The maximum Gasteiger partial charge on any atom is 0.329 e. The molecule has 1 aromatic rings. The van der Waals surface area contributed by atoms with Crippen molar-refractivity contribution in [3.63, 3.8) is 0 Å². The van der Waals surface area contributed by atoms with Crippen LogP contribution in [0.5, 0.6) is 0 Å². The van der Waals surface area contributed by atoms with Crippen molar-refractivity contribution in [1.82, 2.24) is 4.90 Å². The smallest absolute Gasteiger partial charge is 0.329 e. The van der Waals surface area contributed by atoms with Gasteiger partial charge in [-0.3, -0.25) is 4.79 Å². The van der Waals surface area contributed by atoms with Crippen LogP contribution in [-0.4, -0.2) is 58.9 Å². The van der Waals surface area contributed by atoms with Crippen LogP contribution in [-0.2, 0) is 20.7 Å². The second-order valence-corrected chi connectivity index (χ2v) is 7.20. The molecule has 28 heavy (non-hydrogen) atoms. The average Bonchev–Trinajstić information content (AvgIpc) is 2.85. The summed E-state index contributed by atoms with van der Waals surface area (Å²) in [5.41, 5.74) is 1.08. The van der Waals surface area contributed by atoms with Gasteiger partial charge in [0.25, 0.3) is 0 Å². The molecule has 1 aliphatic heterocycles. The van der Waals surface area contributed by atoms with Crippen LogP contribution in [0.25, 0.3) is 0 Å². The maximum absolute atomic E-state index is 12.5. The zero-order valence-electron chi connectivity index (χ0n) is 16.3. The lowest BCUT2D eigenvalue weighted by atomic mass is 10.0. The van der Waals surface area contributed by atoms with Crippen LogP contribution in [0, 0.1) is 0 Å². The monoisotopic (exact) mass is 389 g/mol. The minimum absolute atomic E-state index is 0.000335. The molecule has 1 aliphatic rings. The highest BCUT2D eigenvalue weighted by Gasteiger charge is 2.24. The summed E-state index contributed by atoms with van der Waals surface area (Å²) in [6.07, 6.45) is 8.58. The van der Waals surface area contributed by atoms with Gasteiger partial charge in [-0.2, -0.15) is 0 Å². The number of nitrogens with zero attached hydrogens (tertiary/aromatic N) is 1. The largest absolute Gasteiger partial charge is 0.480 e. The third-order valence-corrected chi connectivity index (χ3v) is 4.87. The van der Waals surface area contributed by atoms with Gasteiger partial charge in [-0.1, -0.05) is 48.9 Å². The third-order valence-electron chi connectivity index (χ3n) is 4.87. The number of unbranched alkanes of at least 4 members (excludes halogenated alkanes) is 1. The lowest BCUT2D eigenvalue weighted by Crippen LogP contribution is -2.38. The second-order valence-electron chi connectivity index (χ2n) is 7.20. The number of aliphatic hydroxyl groups is 1. The maximum atomic E-state index is 12.5. The van der Waals surface area contributed by atoms with Crippen LogP contribution in [0.3, 0.4) is 0 Å². The van der Waals surface area contributed by atoms with Gasteiger partial charge in [0, 0.05) is 26.0 Å². The first-order chi connectivity index (χ1) is 13.6. The van der Waals surface area contributed by atoms with Gasteiger partial charge in [-0.05, 0) is 31.2 Å². The van der Waals surface area contributed by atoms with E-state index in [1.54, 1.807) is 6.08 Å². The van der Waals surface area contributed by atoms with E-state index in [1.165, 1.54) is 0 Å². The summed E-state index contributed by atoms with van der Waals surface area (Å²) in [6.45, 7) is 0.719. The number of aliphatic hydroxyl groups excluding tert-OH is 1. The summed E-state index contributed by atoms with van der Waals surface area (Å²) < 4.78 is 5.05. The Balaban J connectivity index is 1.85. The molecule has 1 amide bonds. The van der Waals surface area contributed by atoms with E-state index in [1.807, 2.05) is 41.3 Å². The zero-order chi connectivity index (χ0) is 20.2. The topological polar surface area (TPSA) is 87.1 Å². The minimum atomic E-state index is -0.970. The van der Waals surface area contributed by atoms with Crippen LogP contribution in [0.2, 0.25) is 0 Å². The number of amides is 1. The molecule has 0 spiro atoms. The number of benzene rings is 1. The van der Waals surface area contributed by atoms with Crippen molar-refractivity contribution >= 4 is 11.9 Å². The number of aliphatic carboxylic acids is 1. The van der Waals surface area contributed by atoms with Crippen molar-refractivity contribution in [1.29, 1.82) is 0 Å². The SMILES string of the molecule is O=C(O)COCCCCN1C(=O)CCCC[C@@H]1/C=C/C(O)Cc1ccccc1. The van der Waals surface area contributed by atoms with Crippen molar-refractivity contribution in [2.45, 2.75) is 57.1 Å². The van der Waals surface area contributed by atoms with Crippen LogP contribution < -0.4 is 0 Å². The molecular weight excluding hydrogens is 358 g/mol. The Morgan fingerprint density at radius 3 is 2.79 bits per heavy atom. The highest BCUT2D eigenvalue weighted by Crippen LogP contribution is 2.20. The highest BCUT2D eigenvalue weighted by atomic mass is 16.5. The van der Waals surface area contributed by atoms with Crippen LogP contribution >= 0.6 is 0 Å². The third kappa shape index (κ3) is 8.23. The van der Waals surface area contributed by atoms with E-state index in [0.29, 0.717) is 32.4 Å². The number of hydrogen-bond donors (Lipinski definition) is 2. The molecule has 1 unspecified atom stereocenters. The van der Waals surface area contributed by atoms with Gasteiger partial charge in [-0.15, -0.1) is 0 Å². The molecule has 0 aliphatic carbocycles. The van der Waals surface area contributed by atoms with Crippen molar-refractivity contribution in [3.05, 3.63) is 48.0 Å². The Hall–Kier alpha value is -2.18. The van der Waals surface area contributed by atoms with Crippen molar-refractivity contribution in [2.24, 2.45) is 0 Å². The lowest BCUT2D eigenvalue weighted by molar-refractivity contribution is -0.142. The Bertz CT molecular complexity index is 631.